The SMILES string of the molecule is C[C@H](NC(=O)CNC(=O)[C@@H](NC(=O)[C@H](Cc1ccc([N+](=O)[O-])cc1)NC(=O)[C@H](CCCCNC=O)NC(=O)CNC(=O)[C@@H](N)Cc1ccccc1)[C@@H](C)O)C(=O)N[C@@H](CCCN=C(N)N)C(=O)N[C@@H](CCCCN)C(=O)N[C@@H](CO)C(=O)N[C@@H](C)C(=O)N[C@@H](CCCN=C(N)N)C(=O)N[C@@H](CCCCN)C(N)=O. The Morgan fingerprint density at radius 2 is 0.880 bits per heavy atom. The molecule has 108 heavy (non-hydrogen) atoms. The number of guanidine groups is 2. The fraction of sp³-hybridized carbons (Fsp3) is 0.576. The molecule has 0 aliphatic rings. The van der Waals surface area contributed by atoms with E-state index >= 15 is 0 Å². The van der Waals surface area contributed by atoms with Gasteiger partial charge in [0.1, 0.15) is 60.4 Å². The second-order valence-electron chi connectivity index (χ2n) is 25.2. The average molecular weight is 1530 g/mol. The second kappa shape index (κ2) is 51.1. The summed E-state index contributed by atoms with van der Waals surface area (Å²) < 4.78 is 0. The molecule has 0 unspecified atom stereocenters. The van der Waals surface area contributed by atoms with Gasteiger partial charge in [-0.1, -0.05) is 42.5 Å². The molecule has 0 saturated heterocycles. The number of carbonyl (C=O) groups is 14. The van der Waals surface area contributed by atoms with Gasteiger partial charge in [0.2, 0.25) is 83.2 Å². The Morgan fingerprint density at radius 1 is 0.472 bits per heavy atom. The lowest BCUT2D eigenvalue weighted by atomic mass is 10.0. The number of amides is 14. The number of aliphatic hydroxyl groups excluding tert-OH is 2. The Morgan fingerprint density at radius 3 is 1.35 bits per heavy atom. The zero-order chi connectivity index (χ0) is 80.8. The van der Waals surface area contributed by atoms with E-state index < -0.39 is 180 Å². The number of nitrogens with zero attached hydrogens (tertiary/aromatic N) is 3. The molecule has 0 heterocycles. The monoisotopic (exact) mass is 1520 g/mol. The molecular weight excluding hydrogens is 1420 g/mol. The lowest BCUT2D eigenvalue weighted by molar-refractivity contribution is -0.384. The van der Waals surface area contributed by atoms with Crippen LogP contribution in [0.1, 0.15) is 115 Å². The standard InChI is InChI=1S/C66H108N24O18/c1-37(55(97)84-48(21-14-30-77-66(73)74)60(102)86-46(18-8-11-27-68)61(103)88-50(35-91)63(105)81-38(2)56(98)85-47(20-13-29-76-65(71)72)59(101)83-44(54(70)96)17-7-10-26-67)80-51(94)33-79-64(106)53(39(3)93)89-62(104)49(32-41-22-24-42(25-23-41)90(107)108)87-58(100)45(19-9-12-28-75-36-92)82-52(95)34-78-57(99)43(69)31-40-15-5-4-6-16-40/h4-6,15-16,22-25,36-39,43-50,53,91,93H,7-14,17-21,26-35,67-69H2,1-3H3,(H2,70,96)(H,75,92)(H,78,99)(H,79,106)(H,80,94)(H,81,105)(H,82,95)(H,83,101)(H,84,97)(H,85,98)(H,86,102)(H,87,100)(H,88,103)(H,89,104)(H4,71,72,76)(H4,73,74,77)/t37-,38-,39+,43-,44-,45-,46-,47-,48-,49-,50-,53-/m0/s1. The number of nitro benzene ring substituents is 1. The first-order chi connectivity index (χ1) is 51.2. The van der Waals surface area contributed by atoms with Crippen LogP contribution in [0.15, 0.2) is 64.6 Å². The van der Waals surface area contributed by atoms with Crippen molar-refractivity contribution in [3.63, 3.8) is 0 Å². The van der Waals surface area contributed by atoms with E-state index in [0.717, 1.165) is 24.6 Å². The van der Waals surface area contributed by atoms with E-state index in [9.17, 15) is 87.5 Å². The number of rotatable bonds is 54. The van der Waals surface area contributed by atoms with E-state index in [-0.39, 0.29) is 114 Å². The third kappa shape index (κ3) is 37.1. The van der Waals surface area contributed by atoms with Crippen LogP contribution in [-0.2, 0) is 80.0 Å². The zero-order valence-electron chi connectivity index (χ0n) is 60.9. The Labute approximate surface area is 623 Å². The molecule has 0 fully saturated rings. The number of non-ortho nitro benzene ring substituents is 1. The van der Waals surface area contributed by atoms with E-state index in [1.165, 1.54) is 26.0 Å². The van der Waals surface area contributed by atoms with Crippen molar-refractivity contribution in [2.45, 2.75) is 190 Å². The van der Waals surface area contributed by atoms with Crippen molar-refractivity contribution in [2.24, 2.45) is 55.9 Å². The first-order valence-corrected chi connectivity index (χ1v) is 35.1. The number of unbranched alkanes of at least 4 members (excludes halogenated alkanes) is 3. The highest BCUT2D eigenvalue weighted by molar-refractivity contribution is 5.99. The molecule has 0 aliphatic carbocycles. The van der Waals surface area contributed by atoms with Gasteiger partial charge in [0.15, 0.2) is 11.9 Å². The molecule has 0 radical (unpaired) electrons. The van der Waals surface area contributed by atoms with Gasteiger partial charge in [0.25, 0.3) is 5.69 Å². The minimum absolute atomic E-state index is 0.0407. The fourth-order valence-electron chi connectivity index (χ4n) is 10.2. The van der Waals surface area contributed by atoms with Crippen molar-refractivity contribution in [1.29, 1.82) is 0 Å². The van der Waals surface area contributed by atoms with Gasteiger partial charge in [-0.3, -0.25) is 87.2 Å². The second-order valence-corrected chi connectivity index (χ2v) is 25.2. The number of nitrogens with two attached hydrogens (primary N) is 8. The maximum absolute atomic E-state index is 14.3. The van der Waals surface area contributed by atoms with Gasteiger partial charge < -0.3 is 125 Å². The van der Waals surface area contributed by atoms with Gasteiger partial charge in [0.05, 0.1) is 36.8 Å². The molecule has 42 nitrogen and oxygen atoms in total. The molecule has 14 amide bonds. The highest BCUT2D eigenvalue weighted by Crippen LogP contribution is 2.15. The quantitative estimate of drug-likeness (QED) is 0.00730. The lowest BCUT2D eigenvalue weighted by Gasteiger charge is -2.27. The van der Waals surface area contributed by atoms with E-state index in [4.69, 9.17) is 45.9 Å². The van der Waals surface area contributed by atoms with Crippen molar-refractivity contribution in [1.82, 2.24) is 69.1 Å². The minimum atomic E-state index is -1.86. The predicted octanol–water partition coefficient (Wildman–Crippen LogP) is -9.03. The van der Waals surface area contributed by atoms with Crippen LogP contribution in [0.3, 0.4) is 0 Å². The van der Waals surface area contributed by atoms with Crippen LogP contribution in [0, 0.1) is 10.1 Å². The molecule has 2 aromatic rings. The maximum atomic E-state index is 14.3. The van der Waals surface area contributed by atoms with Crippen LogP contribution in [0.25, 0.3) is 0 Å². The van der Waals surface area contributed by atoms with E-state index in [1.807, 2.05) is 0 Å². The van der Waals surface area contributed by atoms with Crippen LogP contribution in [0.5, 0.6) is 0 Å². The Kier molecular flexibility index (Phi) is 43.9. The van der Waals surface area contributed by atoms with E-state index in [0.29, 0.717) is 38.6 Å². The minimum Gasteiger partial charge on any atom is -0.394 e. The number of nitrogens with one attached hydrogen (secondary N) is 13. The van der Waals surface area contributed by atoms with Crippen molar-refractivity contribution in [3.8, 4) is 0 Å². The summed E-state index contributed by atoms with van der Waals surface area (Å²) in [4.78, 5) is 206. The smallest absolute Gasteiger partial charge is 0.269 e. The van der Waals surface area contributed by atoms with Crippen molar-refractivity contribution in [2.75, 3.05) is 52.4 Å². The van der Waals surface area contributed by atoms with Gasteiger partial charge >= 0.3 is 0 Å². The highest BCUT2D eigenvalue weighted by atomic mass is 16.6. The van der Waals surface area contributed by atoms with Crippen LogP contribution in [0.2, 0.25) is 0 Å². The molecule has 31 N–H and O–H groups in total. The summed E-state index contributed by atoms with van der Waals surface area (Å²) >= 11 is 0. The van der Waals surface area contributed by atoms with Crippen molar-refractivity contribution >= 4 is 101 Å². The normalized spacial score (nSPS) is 14.2. The van der Waals surface area contributed by atoms with Gasteiger partial charge in [-0.15, -0.1) is 0 Å². The summed E-state index contributed by atoms with van der Waals surface area (Å²) in [5, 5.41) is 64.4. The molecule has 0 aliphatic heterocycles. The Balaban J connectivity index is 2.32. The van der Waals surface area contributed by atoms with E-state index in [2.05, 4.69) is 79.1 Å². The number of benzene rings is 2. The number of hydrogen-bond donors (Lipinski definition) is 23. The molecular formula is C66H108N24O18. The number of aliphatic imine (C=N–C) groups is 2. The Bertz CT molecular complexity index is 3340. The molecule has 2 aromatic carbocycles. The average Bonchev–Trinajstić information content (AvgIpc) is 0.851. The molecule has 0 bridgehead atoms. The van der Waals surface area contributed by atoms with Crippen LogP contribution in [0.4, 0.5) is 5.69 Å². The lowest BCUT2D eigenvalue weighted by Crippen LogP contribution is -2.60. The summed E-state index contributed by atoms with van der Waals surface area (Å²) in [5.41, 5.74) is 45.4. The van der Waals surface area contributed by atoms with Gasteiger partial charge in [-0.25, -0.2) is 0 Å². The van der Waals surface area contributed by atoms with Crippen LogP contribution in [-0.4, -0.2) is 235 Å². The molecule has 600 valence electrons. The molecule has 0 saturated carbocycles. The summed E-state index contributed by atoms with van der Waals surface area (Å²) in [6.07, 6.45) is 0.506. The molecule has 12 atom stereocenters. The van der Waals surface area contributed by atoms with Crippen molar-refractivity contribution in [3.05, 3.63) is 75.8 Å². The van der Waals surface area contributed by atoms with Gasteiger partial charge in [-0.2, -0.15) is 0 Å². The number of carbonyl (C=O) groups excluding carboxylic acids is 14. The number of primary amides is 1. The fourth-order valence-corrected chi connectivity index (χ4v) is 10.2. The third-order valence-electron chi connectivity index (χ3n) is 16.2. The van der Waals surface area contributed by atoms with Crippen LogP contribution < -0.4 is 115 Å². The van der Waals surface area contributed by atoms with E-state index in [1.54, 1.807) is 30.3 Å². The largest absolute Gasteiger partial charge is 0.394 e. The zero-order valence-corrected chi connectivity index (χ0v) is 60.9. The Hall–Kier alpha value is -11.2. The molecule has 42 heteroatoms. The number of nitro groups is 1. The summed E-state index contributed by atoms with van der Waals surface area (Å²) in [6.45, 7) is 1.65. The first kappa shape index (κ1) is 92.8. The summed E-state index contributed by atoms with van der Waals surface area (Å²) in [5.74, 6) is -12.9. The molecule has 0 aromatic heterocycles. The number of hydrogen-bond acceptors (Lipinski definition) is 23. The molecule has 0 spiro atoms. The predicted molar refractivity (Wildman–Crippen MR) is 393 cm³/mol. The maximum Gasteiger partial charge on any atom is 0.269 e. The topological polar surface area (TPSA) is 712 Å². The van der Waals surface area contributed by atoms with Crippen LogP contribution >= 0.6 is 0 Å². The number of aliphatic hydroxyl groups is 2. The third-order valence-corrected chi connectivity index (χ3v) is 16.2. The van der Waals surface area contributed by atoms with Gasteiger partial charge in [-0.05, 0) is 135 Å². The summed E-state index contributed by atoms with van der Waals surface area (Å²) in [6, 6.07) is -2.35. The van der Waals surface area contributed by atoms with Crippen molar-refractivity contribution < 1.29 is 82.3 Å². The summed E-state index contributed by atoms with van der Waals surface area (Å²) in [7, 11) is 0. The highest BCUT2D eigenvalue weighted by Gasteiger charge is 2.36. The first-order valence-electron chi connectivity index (χ1n) is 35.1. The molecule has 2 rings (SSSR count). The van der Waals surface area contributed by atoms with Gasteiger partial charge in [0, 0.05) is 38.2 Å².